The van der Waals surface area contributed by atoms with Gasteiger partial charge in [0.2, 0.25) is 5.91 Å². The summed E-state index contributed by atoms with van der Waals surface area (Å²) in [7, 11) is 3.10. The SMILES string of the molecule is COc1ccc(/C=N/NC(=O)CCCCCC(=O)O)cc1OC. The molecule has 7 nitrogen and oxygen atoms in total. The number of aliphatic carboxylic acids is 1. The maximum Gasteiger partial charge on any atom is 0.303 e. The predicted molar refractivity (Wildman–Crippen MR) is 86.0 cm³/mol. The molecule has 1 rings (SSSR count). The monoisotopic (exact) mass is 322 g/mol. The number of carbonyl (C=O) groups is 2. The van der Waals surface area contributed by atoms with Crippen LogP contribution < -0.4 is 14.9 Å². The fraction of sp³-hybridized carbons (Fsp3) is 0.438. The van der Waals surface area contributed by atoms with E-state index in [9.17, 15) is 9.59 Å². The number of hydrogen-bond acceptors (Lipinski definition) is 5. The molecule has 7 heteroatoms. The van der Waals surface area contributed by atoms with E-state index in [0.29, 0.717) is 37.2 Å². The molecular weight excluding hydrogens is 300 g/mol. The third-order valence-corrected chi connectivity index (χ3v) is 3.10. The summed E-state index contributed by atoms with van der Waals surface area (Å²) in [6.45, 7) is 0. The molecule has 0 unspecified atom stereocenters. The zero-order valence-electron chi connectivity index (χ0n) is 13.4. The van der Waals surface area contributed by atoms with Crippen molar-refractivity contribution in [2.45, 2.75) is 32.1 Å². The van der Waals surface area contributed by atoms with Gasteiger partial charge < -0.3 is 14.6 Å². The Hall–Kier alpha value is -2.57. The first-order valence-corrected chi connectivity index (χ1v) is 7.32. The summed E-state index contributed by atoms with van der Waals surface area (Å²) in [5.41, 5.74) is 3.21. The van der Waals surface area contributed by atoms with E-state index in [1.165, 1.54) is 6.21 Å². The van der Waals surface area contributed by atoms with E-state index < -0.39 is 5.97 Å². The molecule has 0 aromatic heterocycles. The maximum atomic E-state index is 11.6. The highest BCUT2D eigenvalue weighted by molar-refractivity contribution is 5.83. The standard InChI is InChI=1S/C16H22N2O5/c1-22-13-9-8-12(10-14(13)23-2)11-17-18-15(19)6-4-3-5-7-16(20)21/h8-11H,3-7H2,1-2H3,(H,18,19)(H,20,21)/b17-11+. The number of ether oxygens (including phenoxy) is 2. The van der Waals surface area contributed by atoms with Gasteiger partial charge in [-0.15, -0.1) is 0 Å². The topological polar surface area (TPSA) is 97.2 Å². The summed E-state index contributed by atoms with van der Waals surface area (Å²) in [5, 5.41) is 12.4. The molecule has 0 fully saturated rings. The first-order chi connectivity index (χ1) is 11.1. The van der Waals surface area contributed by atoms with Gasteiger partial charge in [0.25, 0.3) is 0 Å². The molecule has 0 spiro atoms. The van der Waals surface area contributed by atoms with Crippen molar-refractivity contribution in [3.8, 4) is 11.5 Å². The van der Waals surface area contributed by atoms with Gasteiger partial charge >= 0.3 is 5.97 Å². The van der Waals surface area contributed by atoms with Crippen LogP contribution in [0.2, 0.25) is 0 Å². The second kappa shape index (κ2) is 10.2. The van der Waals surface area contributed by atoms with E-state index in [4.69, 9.17) is 14.6 Å². The van der Waals surface area contributed by atoms with Crippen molar-refractivity contribution >= 4 is 18.1 Å². The highest BCUT2D eigenvalue weighted by Gasteiger charge is 2.04. The number of rotatable bonds is 10. The van der Waals surface area contributed by atoms with E-state index >= 15 is 0 Å². The number of benzene rings is 1. The molecular formula is C16H22N2O5. The van der Waals surface area contributed by atoms with Crippen LogP contribution in [0.5, 0.6) is 11.5 Å². The quantitative estimate of drug-likeness (QED) is 0.391. The number of amides is 1. The van der Waals surface area contributed by atoms with Gasteiger partial charge in [-0.3, -0.25) is 9.59 Å². The zero-order valence-corrected chi connectivity index (χ0v) is 13.4. The number of carboxylic acid groups (broad SMARTS) is 1. The van der Waals surface area contributed by atoms with E-state index in [1.54, 1.807) is 32.4 Å². The molecule has 0 bridgehead atoms. The lowest BCUT2D eigenvalue weighted by Crippen LogP contribution is -2.16. The normalized spacial score (nSPS) is 10.5. The van der Waals surface area contributed by atoms with Crippen molar-refractivity contribution in [3.63, 3.8) is 0 Å². The van der Waals surface area contributed by atoms with Crippen molar-refractivity contribution in [1.29, 1.82) is 0 Å². The predicted octanol–water partition coefficient (Wildman–Crippen LogP) is 2.19. The second-order valence-electron chi connectivity index (χ2n) is 4.86. The van der Waals surface area contributed by atoms with Crippen molar-refractivity contribution in [3.05, 3.63) is 23.8 Å². The molecule has 2 N–H and O–H groups in total. The van der Waals surface area contributed by atoms with E-state index in [2.05, 4.69) is 10.5 Å². The first kappa shape index (κ1) is 18.5. The number of carboxylic acids is 1. The molecule has 1 aromatic carbocycles. The number of hydrazone groups is 1. The molecule has 1 amide bonds. The molecule has 23 heavy (non-hydrogen) atoms. The second-order valence-corrected chi connectivity index (χ2v) is 4.86. The fourth-order valence-electron chi connectivity index (χ4n) is 1.91. The number of nitrogens with one attached hydrogen (secondary N) is 1. The maximum absolute atomic E-state index is 11.6. The molecule has 0 aliphatic carbocycles. The van der Waals surface area contributed by atoms with Crippen LogP contribution in [0, 0.1) is 0 Å². The third kappa shape index (κ3) is 7.30. The Kier molecular flexibility index (Phi) is 8.20. The summed E-state index contributed by atoms with van der Waals surface area (Å²) >= 11 is 0. The Morgan fingerprint density at radius 2 is 1.83 bits per heavy atom. The zero-order chi connectivity index (χ0) is 17.1. The Labute approximate surface area is 135 Å². The molecule has 0 saturated heterocycles. The summed E-state index contributed by atoms with van der Waals surface area (Å²) in [6.07, 6.45) is 3.91. The van der Waals surface area contributed by atoms with Gasteiger partial charge in [0, 0.05) is 12.8 Å². The number of methoxy groups -OCH3 is 2. The van der Waals surface area contributed by atoms with Gasteiger partial charge in [0.1, 0.15) is 0 Å². The first-order valence-electron chi connectivity index (χ1n) is 7.32. The van der Waals surface area contributed by atoms with E-state index in [0.717, 1.165) is 5.56 Å². The average molecular weight is 322 g/mol. The molecule has 0 aliphatic heterocycles. The molecule has 0 atom stereocenters. The largest absolute Gasteiger partial charge is 0.493 e. The minimum absolute atomic E-state index is 0.138. The molecule has 126 valence electrons. The third-order valence-electron chi connectivity index (χ3n) is 3.10. The van der Waals surface area contributed by atoms with Crippen LogP contribution in [0.1, 0.15) is 37.7 Å². The van der Waals surface area contributed by atoms with Crippen LogP contribution in [0.25, 0.3) is 0 Å². The van der Waals surface area contributed by atoms with Crippen LogP contribution in [0.3, 0.4) is 0 Å². The minimum atomic E-state index is -0.811. The lowest BCUT2D eigenvalue weighted by atomic mass is 10.1. The molecule has 1 aromatic rings. The van der Waals surface area contributed by atoms with Crippen LogP contribution in [0.15, 0.2) is 23.3 Å². The Balaban J connectivity index is 2.35. The Morgan fingerprint density at radius 1 is 1.13 bits per heavy atom. The van der Waals surface area contributed by atoms with E-state index in [1.807, 2.05) is 0 Å². The van der Waals surface area contributed by atoms with Crippen molar-refractivity contribution in [2.75, 3.05) is 14.2 Å². The average Bonchev–Trinajstić information content (AvgIpc) is 2.54. The lowest BCUT2D eigenvalue weighted by Gasteiger charge is -2.07. The summed E-state index contributed by atoms with van der Waals surface area (Å²) in [6, 6.07) is 5.30. The minimum Gasteiger partial charge on any atom is -0.493 e. The molecule has 0 saturated carbocycles. The van der Waals surface area contributed by atoms with Crippen molar-refractivity contribution in [1.82, 2.24) is 5.43 Å². The van der Waals surface area contributed by atoms with Gasteiger partial charge in [-0.25, -0.2) is 5.43 Å². The summed E-state index contributed by atoms with van der Waals surface area (Å²) < 4.78 is 10.3. The number of hydrogen-bond donors (Lipinski definition) is 2. The highest BCUT2D eigenvalue weighted by Crippen LogP contribution is 2.26. The van der Waals surface area contributed by atoms with Crippen LogP contribution >= 0.6 is 0 Å². The van der Waals surface area contributed by atoms with Crippen LogP contribution in [-0.2, 0) is 9.59 Å². The van der Waals surface area contributed by atoms with Crippen molar-refractivity contribution < 1.29 is 24.2 Å². The summed E-state index contributed by atoms with van der Waals surface area (Å²) in [4.78, 5) is 21.9. The fourth-order valence-corrected chi connectivity index (χ4v) is 1.91. The van der Waals surface area contributed by atoms with E-state index in [-0.39, 0.29) is 12.3 Å². The smallest absolute Gasteiger partial charge is 0.303 e. The molecule has 0 radical (unpaired) electrons. The number of nitrogens with zero attached hydrogens (tertiary/aromatic N) is 1. The van der Waals surface area contributed by atoms with Crippen molar-refractivity contribution in [2.24, 2.45) is 5.10 Å². The Morgan fingerprint density at radius 3 is 2.48 bits per heavy atom. The van der Waals surface area contributed by atoms with Crippen LogP contribution in [0.4, 0.5) is 0 Å². The number of carbonyl (C=O) groups excluding carboxylic acids is 1. The van der Waals surface area contributed by atoms with Gasteiger partial charge in [0.15, 0.2) is 11.5 Å². The highest BCUT2D eigenvalue weighted by atomic mass is 16.5. The number of unbranched alkanes of at least 4 members (excludes halogenated alkanes) is 2. The molecule has 0 aliphatic rings. The van der Waals surface area contributed by atoms with Crippen LogP contribution in [-0.4, -0.2) is 37.4 Å². The van der Waals surface area contributed by atoms with Gasteiger partial charge in [-0.05, 0) is 36.6 Å². The summed E-state index contributed by atoms with van der Waals surface area (Å²) in [5.74, 6) is 0.197. The Bertz CT molecular complexity index is 557. The molecule has 0 heterocycles. The van der Waals surface area contributed by atoms with Gasteiger partial charge in [-0.2, -0.15) is 5.10 Å². The van der Waals surface area contributed by atoms with Gasteiger partial charge in [-0.1, -0.05) is 6.42 Å². The van der Waals surface area contributed by atoms with Gasteiger partial charge in [0.05, 0.1) is 20.4 Å². The lowest BCUT2D eigenvalue weighted by molar-refractivity contribution is -0.137.